The van der Waals surface area contributed by atoms with E-state index in [0.29, 0.717) is 6.42 Å². The summed E-state index contributed by atoms with van der Waals surface area (Å²) in [6, 6.07) is 0. The minimum atomic E-state index is -1.18. The number of carboxylic acids is 1. The van der Waals surface area contributed by atoms with Crippen molar-refractivity contribution >= 4 is 11.9 Å². The first kappa shape index (κ1) is 14.7. The maximum atomic E-state index is 11.4. The van der Waals surface area contributed by atoms with Gasteiger partial charge in [0.2, 0.25) is 0 Å². The zero-order valence-corrected chi connectivity index (χ0v) is 10.4. The third-order valence-electron chi connectivity index (χ3n) is 3.22. The van der Waals surface area contributed by atoms with Crippen LogP contribution in [0.2, 0.25) is 0 Å². The Labute approximate surface area is 106 Å². The van der Waals surface area contributed by atoms with Crippen LogP contribution in [0, 0.1) is 5.92 Å². The molecule has 1 aliphatic carbocycles. The normalized spacial score (nSPS) is 18.7. The molecule has 0 aliphatic heterocycles. The van der Waals surface area contributed by atoms with Gasteiger partial charge in [0, 0.05) is 25.2 Å². The summed E-state index contributed by atoms with van der Waals surface area (Å²) in [7, 11) is 0. The second-order valence-electron chi connectivity index (χ2n) is 4.56. The lowest BCUT2D eigenvalue weighted by molar-refractivity contribution is -0.147. The van der Waals surface area contributed by atoms with Gasteiger partial charge >= 0.3 is 11.9 Å². The molecule has 102 valence electrons. The van der Waals surface area contributed by atoms with Crippen molar-refractivity contribution in [1.82, 2.24) is 0 Å². The Bertz CT molecular complexity index is 305. The van der Waals surface area contributed by atoms with Gasteiger partial charge in [0.25, 0.3) is 0 Å². The third kappa shape index (κ3) is 5.31. The van der Waals surface area contributed by atoms with E-state index in [1.807, 2.05) is 0 Å². The summed E-state index contributed by atoms with van der Waals surface area (Å²) in [5.74, 6) is -1.54. The van der Waals surface area contributed by atoms with Crippen LogP contribution in [0.25, 0.3) is 0 Å². The average Bonchev–Trinajstić information content (AvgIpc) is 2.37. The number of hydrogen-bond acceptors (Lipinski definition) is 4. The van der Waals surface area contributed by atoms with Crippen LogP contribution < -0.4 is 0 Å². The van der Waals surface area contributed by atoms with Crippen molar-refractivity contribution in [2.45, 2.75) is 44.6 Å². The van der Waals surface area contributed by atoms with Gasteiger partial charge in [-0.1, -0.05) is 19.3 Å². The van der Waals surface area contributed by atoms with Gasteiger partial charge in [-0.15, -0.1) is 0 Å². The molecule has 5 heteroatoms. The molecule has 0 amide bonds. The summed E-state index contributed by atoms with van der Waals surface area (Å²) in [6.07, 6.45) is 7.23. The molecule has 0 bridgehead atoms. The largest absolute Gasteiger partial charge is 0.478 e. The highest BCUT2D eigenvalue weighted by Crippen LogP contribution is 2.29. The molecule has 0 spiro atoms. The average molecular weight is 256 g/mol. The second-order valence-corrected chi connectivity index (χ2v) is 4.56. The van der Waals surface area contributed by atoms with E-state index in [-0.39, 0.29) is 18.6 Å². The Balaban J connectivity index is 2.50. The molecule has 1 aliphatic rings. The lowest BCUT2D eigenvalue weighted by atomic mass is 9.84. The number of esters is 1. The lowest BCUT2D eigenvalue weighted by Gasteiger charge is -2.29. The van der Waals surface area contributed by atoms with Gasteiger partial charge in [-0.05, 0) is 18.8 Å². The van der Waals surface area contributed by atoms with Gasteiger partial charge in [-0.3, -0.25) is 0 Å². The Morgan fingerprint density at radius 3 is 2.44 bits per heavy atom. The first-order valence-corrected chi connectivity index (χ1v) is 6.36. The highest BCUT2D eigenvalue weighted by Gasteiger charge is 2.25. The molecule has 0 aromatic rings. The predicted octanol–water partition coefficient (Wildman–Crippen LogP) is 1.50. The van der Waals surface area contributed by atoms with Gasteiger partial charge in [-0.2, -0.15) is 0 Å². The molecule has 1 unspecified atom stereocenters. The fourth-order valence-corrected chi connectivity index (χ4v) is 2.35. The number of hydrogen-bond donors (Lipinski definition) is 2. The minimum Gasteiger partial charge on any atom is -0.478 e. The van der Waals surface area contributed by atoms with Gasteiger partial charge in [-0.25, -0.2) is 9.59 Å². The Morgan fingerprint density at radius 2 is 1.89 bits per heavy atom. The van der Waals surface area contributed by atoms with E-state index in [1.54, 1.807) is 0 Å². The molecule has 1 atom stereocenters. The molecule has 0 saturated heterocycles. The van der Waals surface area contributed by atoms with Crippen molar-refractivity contribution in [2.24, 2.45) is 5.92 Å². The Kier molecular flexibility index (Phi) is 6.43. The van der Waals surface area contributed by atoms with Crippen LogP contribution in [0.1, 0.15) is 38.5 Å². The van der Waals surface area contributed by atoms with E-state index in [9.17, 15) is 9.59 Å². The smallest absolute Gasteiger partial charge is 0.331 e. The maximum absolute atomic E-state index is 11.4. The number of aliphatic hydroxyl groups is 1. The van der Waals surface area contributed by atoms with Crippen LogP contribution in [-0.4, -0.2) is 34.9 Å². The van der Waals surface area contributed by atoms with Crippen LogP contribution in [0.4, 0.5) is 0 Å². The molecular weight excluding hydrogens is 236 g/mol. The maximum Gasteiger partial charge on any atom is 0.331 e. The molecule has 0 aromatic carbocycles. The fraction of sp³-hybridized carbons (Fsp3) is 0.692. The molecule has 5 nitrogen and oxygen atoms in total. The summed E-state index contributed by atoms with van der Waals surface area (Å²) >= 11 is 0. The van der Waals surface area contributed by atoms with Gasteiger partial charge in [0.05, 0.1) is 0 Å². The SMILES string of the molecule is O=C(O)/C=C\C(=O)OC(CCO)C1CCCCC1. The fourth-order valence-electron chi connectivity index (χ4n) is 2.35. The number of aliphatic hydroxyl groups excluding tert-OH is 1. The molecule has 0 heterocycles. The summed E-state index contributed by atoms with van der Waals surface area (Å²) in [5, 5.41) is 17.4. The minimum absolute atomic E-state index is 0.0307. The summed E-state index contributed by atoms with van der Waals surface area (Å²) in [4.78, 5) is 21.7. The summed E-state index contributed by atoms with van der Waals surface area (Å²) in [6.45, 7) is -0.0307. The zero-order chi connectivity index (χ0) is 13.4. The van der Waals surface area contributed by atoms with E-state index in [2.05, 4.69) is 0 Å². The number of rotatable bonds is 6. The number of carbonyl (C=O) groups is 2. The molecule has 1 rings (SSSR count). The number of ether oxygens (including phenoxy) is 1. The third-order valence-corrected chi connectivity index (χ3v) is 3.22. The monoisotopic (exact) mass is 256 g/mol. The van der Waals surface area contributed by atoms with Gasteiger partial charge < -0.3 is 14.9 Å². The highest BCUT2D eigenvalue weighted by molar-refractivity contribution is 5.90. The topological polar surface area (TPSA) is 83.8 Å². The Morgan fingerprint density at radius 1 is 1.22 bits per heavy atom. The highest BCUT2D eigenvalue weighted by atomic mass is 16.5. The lowest BCUT2D eigenvalue weighted by Crippen LogP contribution is -2.29. The van der Waals surface area contributed by atoms with Crippen LogP contribution >= 0.6 is 0 Å². The van der Waals surface area contributed by atoms with Crippen LogP contribution in [-0.2, 0) is 14.3 Å². The summed E-state index contributed by atoms with van der Waals surface area (Å²) in [5.41, 5.74) is 0. The molecule has 2 N–H and O–H groups in total. The quantitative estimate of drug-likeness (QED) is 0.556. The van der Waals surface area contributed by atoms with E-state index in [4.69, 9.17) is 14.9 Å². The molecular formula is C13H20O5. The van der Waals surface area contributed by atoms with Crippen molar-refractivity contribution in [1.29, 1.82) is 0 Å². The zero-order valence-electron chi connectivity index (χ0n) is 10.4. The van der Waals surface area contributed by atoms with Crippen molar-refractivity contribution in [3.8, 4) is 0 Å². The standard InChI is InChI=1S/C13H20O5/c14-9-8-11(10-4-2-1-3-5-10)18-13(17)7-6-12(15)16/h6-7,10-11,14H,1-5,8-9H2,(H,15,16)/b7-6-. The molecule has 18 heavy (non-hydrogen) atoms. The molecule has 1 saturated carbocycles. The van der Waals surface area contributed by atoms with Crippen LogP contribution in [0.3, 0.4) is 0 Å². The van der Waals surface area contributed by atoms with Crippen molar-refractivity contribution in [3.05, 3.63) is 12.2 Å². The first-order chi connectivity index (χ1) is 8.63. The number of carbonyl (C=O) groups excluding carboxylic acids is 1. The number of aliphatic carboxylic acids is 1. The van der Waals surface area contributed by atoms with Crippen LogP contribution in [0.15, 0.2) is 12.2 Å². The second kappa shape index (κ2) is 7.87. The van der Waals surface area contributed by atoms with Crippen molar-refractivity contribution in [2.75, 3.05) is 6.61 Å². The van der Waals surface area contributed by atoms with Gasteiger partial charge in [0.15, 0.2) is 0 Å². The van der Waals surface area contributed by atoms with Crippen molar-refractivity contribution < 1.29 is 24.5 Å². The number of carboxylic acid groups (broad SMARTS) is 1. The summed E-state index contributed by atoms with van der Waals surface area (Å²) < 4.78 is 5.23. The Hall–Kier alpha value is -1.36. The molecule has 0 radical (unpaired) electrons. The predicted molar refractivity (Wildman–Crippen MR) is 64.9 cm³/mol. The van der Waals surface area contributed by atoms with E-state index in [0.717, 1.165) is 37.8 Å². The van der Waals surface area contributed by atoms with Crippen molar-refractivity contribution in [3.63, 3.8) is 0 Å². The van der Waals surface area contributed by atoms with E-state index in [1.165, 1.54) is 6.42 Å². The molecule has 0 aromatic heterocycles. The first-order valence-electron chi connectivity index (χ1n) is 6.36. The molecule has 1 fully saturated rings. The van der Waals surface area contributed by atoms with Crippen LogP contribution in [0.5, 0.6) is 0 Å². The van der Waals surface area contributed by atoms with E-state index >= 15 is 0 Å². The van der Waals surface area contributed by atoms with Gasteiger partial charge in [0.1, 0.15) is 6.10 Å². The van der Waals surface area contributed by atoms with E-state index < -0.39 is 11.9 Å².